The first kappa shape index (κ1) is 20.3. The Morgan fingerprint density at radius 1 is 1.19 bits per heavy atom. The third-order valence-corrected chi connectivity index (χ3v) is 6.11. The highest BCUT2D eigenvalue weighted by Crippen LogP contribution is 2.43. The molecule has 0 amide bonds. The third kappa shape index (κ3) is 3.17. The minimum atomic E-state index is -2.46. The van der Waals surface area contributed by atoms with E-state index in [-0.39, 0.29) is 23.0 Å². The highest BCUT2D eigenvalue weighted by Gasteiger charge is 2.27. The van der Waals surface area contributed by atoms with Gasteiger partial charge in [-0.05, 0) is 36.4 Å². The number of pyridine rings is 1. The number of hydrogen-bond donors (Lipinski definition) is 1. The first-order chi connectivity index (χ1) is 15.5. The molecule has 3 aromatic heterocycles. The van der Waals surface area contributed by atoms with Crippen LogP contribution in [-0.4, -0.2) is 25.4 Å². The smallest absolute Gasteiger partial charge is 0.221 e. The molecule has 0 aliphatic rings. The lowest BCUT2D eigenvalue weighted by Crippen LogP contribution is -2.08. The summed E-state index contributed by atoms with van der Waals surface area (Å²) in [5, 5.41) is 1.40. The fourth-order valence-corrected chi connectivity index (χ4v) is 4.76. The number of methoxy groups -OCH3 is 1. The van der Waals surface area contributed by atoms with Crippen LogP contribution >= 0.6 is 0 Å². The molecule has 0 saturated carbocycles. The molecular formula is C23H16F2N2O4S. The molecule has 5 rings (SSSR count). The summed E-state index contributed by atoms with van der Waals surface area (Å²) in [6, 6.07) is 11.9. The number of benzene rings is 2. The number of ether oxygens (including phenoxy) is 1. The van der Waals surface area contributed by atoms with Crippen LogP contribution in [0.2, 0.25) is 0 Å². The molecule has 3 heterocycles. The Bertz CT molecular complexity index is 1510. The van der Waals surface area contributed by atoms with E-state index >= 15 is 0 Å². The van der Waals surface area contributed by atoms with Crippen molar-refractivity contribution >= 4 is 33.0 Å². The van der Waals surface area contributed by atoms with Crippen LogP contribution in [0.25, 0.3) is 33.0 Å². The summed E-state index contributed by atoms with van der Waals surface area (Å²) >= 11 is -2.46. The molecule has 0 radical (unpaired) electrons. The minimum Gasteiger partial charge on any atom is -0.481 e. The summed E-state index contributed by atoms with van der Waals surface area (Å²) in [4.78, 5) is 4.23. The molecule has 0 saturated heterocycles. The molecule has 0 aliphatic heterocycles. The highest BCUT2D eigenvalue weighted by molar-refractivity contribution is 7.79. The summed E-state index contributed by atoms with van der Waals surface area (Å²) in [5.41, 5.74) is 2.28. The Morgan fingerprint density at radius 3 is 2.78 bits per heavy atom. The monoisotopic (exact) mass is 454 g/mol. The third-order valence-electron chi connectivity index (χ3n) is 5.36. The van der Waals surface area contributed by atoms with Crippen molar-refractivity contribution in [2.75, 3.05) is 7.11 Å². The van der Waals surface area contributed by atoms with Crippen molar-refractivity contribution < 1.29 is 26.7 Å². The molecule has 162 valence electrons. The molecule has 0 spiro atoms. The van der Waals surface area contributed by atoms with Crippen LogP contribution in [0.4, 0.5) is 8.78 Å². The SMILES string of the molecule is COc1ncccc1-c1c(S(=O)O)n(Cc2ccc(F)cc2F)c2ccc3occc3c12. The topological polar surface area (TPSA) is 77.5 Å². The van der Waals surface area contributed by atoms with Gasteiger partial charge in [-0.15, -0.1) is 0 Å². The van der Waals surface area contributed by atoms with Gasteiger partial charge in [-0.1, -0.05) is 6.07 Å². The zero-order chi connectivity index (χ0) is 22.4. The molecule has 5 aromatic rings. The lowest BCUT2D eigenvalue weighted by molar-refractivity contribution is 0.399. The molecule has 0 bridgehead atoms. The van der Waals surface area contributed by atoms with Crippen molar-refractivity contribution in [3.05, 3.63) is 78.2 Å². The fourth-order valence-electron chi connectivity index (χ4n) is 4.02. The van der Waals surface area contributed by atoms with E-state index in [9.17, 15) is 17.5 Å². The van der Waals surface area contributed by atoms with Crippen molar-refractivity contribution in [3.63, 3.8) is 0 Å². The Balaban J connectivity index is 1.91. The van der Waals surface area contributed by atoms with Gasteiger partial charge in [0.2, 0.25) is 17.0 Å². The van der Waals surface area contributed by atoms with Gasteiger partial charge in [-0.2, -0.15) is 0 Å². The number of rotatable bonds is 5. The van der Waals surface area contributed by atoms with Crippen LogP contribution in [0.1, 0.15) is 5.56 Å². The molecule has 0 fully saturated rings. The molecule has 6 nitrogen and oxygen atoms in total. The van der Waals surface area contributed by atoms with Crippen LogP contribution in [0.5, 0.6) is 5.88 Å². The molecule has 1 N–H and O–H groups in total. The maximum absolute atomic E-state index is 14.5. The van der Waals surface area contributed by atoms with Gasteiger partial charge in [0, 0.05) is 39.7 Å². The molecular weight excluding hydrogens is 438 g/mol. The summed E-state index contributed by atoms with van der Waals surface area (Å²) in [7, 11) is 1.46. The van der Waals surface area contributed by atoms with Crippen molar-refractivity contribution in [1.82, 2.24) is 9.55 Å². The van der Waals surface area contributed by atoms with Gasteiger partial charge in [-0.25, -0.2) is 18.0 Å². The second kappa shape index (κ2) is 7.85. The van der Waals surface area contributed by atoms with Gasteiger partial charge < -0.3 is 18.3 Å². The van der Waals surface area contributed by atoms with Crippen LogP contribution in [0.15, 0.2) is 70.4 Å². The average Bonchev–Trinajstić information content (AvgIpc) is 3.38. The van der Waals surface area contributed by atoms with E-state index in [1.165, 1.54) is 19.4 Å². The number of fused-ring (bicyclic) bond motifs is 3. The molecule has 32 heavy (non-hydrogen) atoms. The number of aromatic nitrogens is 2. The number of furan rings is 1. The highest BCUT2D eigenvalue weighted by atomic mass is 32.2. The van der Waals surface area contributed by atoms with E-state index in [0.717, 1.165) is 12.1 Å². The second-order valence-corrected chi connectivity index (χ2v) is 7.99. The predicted octanol–water partition coefficient (Wildman–Crippen LogP) is 5.37. The van der Waals surface area contributed by atoms with Gasteiger partial charge in [0.05, 0.1) is 25.4 Å². The van der Waals surface area contributed by atoms with Gasteiger partial charge in [0.25, 0.3) is 0 Å². The van der Waals surface area contributed by atoms with Gasteiger partial charge in [-0.3, -0.25) is 0 Å². The zero-order valence-electron chi connectivity index (χ0n) is 16.7. The summed E-state index contributed by atoms with van der Waals surface area (Å²) < 4.78 is 63.4. The largest absolute Gasteiger partial charge is 0.481 e. The van der Waals surface area contributed by atoms with E-state index < -0.39 is 22.7 Å². The number of hydrogen-bond acceptors (Lipinski definition) is 4. The standard InChI is InChI=1S/C23H16F2N2O4S/c1-30-22-16(3-2-9-26-22)21-20-15-8-10-31-19(15)7-6-18(20)27(23(21)32(28)29)12-13-4-5-14(24)11-17(13)25/h2-11H,12H2,1H3,(H,28,29). The molecule has 0 aliphatic carbocycles. The lowest BCUT2D eigenvalue weighted by Gasteiger charge is -2.11. The summed E-state index contributed by atoms with van der Waals surface area (Å²) in [5.74, 6) is -1.17. The van der Waals surface area contributed by atoms with E-state index in [0.29, 0.717) is 33.0 Å². The van der Waals surface area contributed by atoms with E-state index in [1.54, 1.807) is 41.1 Å². The van der Waals surface area contributed by atoms with Crippen LogP contribution < -0.4 is 4.74 Å². The number of halogens is 2. The van der Waals surface area contributed by atoms with E-state index in [2.05, 4.69) is 4.98 Å². The normalized spacial score (nSPS) is 12.5. The van der Waals surface area contributed by atoms with Gasteiger partial charge in [0.15, 0.2) is 0 Å². The molecule has 1 unspecified atom stereocenters. The van der Waals surface area contributed by atoms with Gasteiger partial charge in [0.1, 0.15) is 22.2 Å². The van der Waals surface area contributed by atoms with Crippen molar-refractivity contribution in [2.24, 2.45) is 0 Å². The fraction of sp³-hybridized carbons (Fsp3) is 0.0870. The maximum Gasteiger partial charge on any atom is 0.221 e. The van der Waals surface area contributed by atoms with Crippen LogP contribution in [0.3, 0.4) is 0 Å². The Kier molecular flexibility index (Phi) is 4.99. The quantitative estimate of drug-likeness (QED) is 0.362. The van der Waals surface area contributed by atoms with Gasteiger partial charge >= 0.3 is 0 Å². The Morgan fingerprint density at radius 2 is 2.03 bits per heavy atom. The Hall–Kier alpha value is -3.56. The van der Waals surface area contributed by atoms with Crippen LogP contribution in [0, 0.1) is 11.6 Å². The van der Waals surface area contributed by atoms with Crippen molar-refractivity contribution in [3.8, 4) is 17.0 Å². The predicted molar refractivity (Wildman–Crippen MR) is 116 cm³/mol. The minimum absolute atomic E-state index is 0.0451. The van der Waals surface area contributed by atoms with Crippen molar-refractivity contribution in [1.29, 1.82) is 0 Å². The summed E-state index contributed by atoms with van der Waals surface area (Å²) in [6.07, 6.45) is 3.08. The average molecular weight is 454 g/mol. The summed E-state index contributed by atoms with van der Waals surface area (Å²) in [6.45, 7) is -0.0871. The number of nitrogens with zero attached hydrogens (tertiary/aromatic N) is 2. The first-order valence-corrected chi connectivity index (χ1v) is 10.7. The van der Waals surface area contributed by atoms with Crippen LogP contribution in [-0.2, 0) is 17.6 Å². The molecule has 1 atom stereocenters. The maximum atomic E-state index is 14.5. The van der Waals surface area contributed by atoms with E-state index in [4.69, 9.17) is 9.15 Å². The lowest BCUT2D eigenvalue weighted by atomic mass is 10.0. The van der Waals surface area contributed by atoms with E-state index in [1.807, 2.05) is 0 Å². The van der Waals surface area contributed by atoms with Crippen molar-refractivity contribution in [2.45, 2.75) is 11.6 Å². The second-order valence-electron chi connectivity index (χ2n) is 7.10. The molecule has 9 heteroatoms. The first-order valence-electron chi connectivity index (χ1n) is 9.56. The Labute approximate surface area is 183 Å². The molecule has 2 aromatic carbocycles. The zero-order valence-corrected chi connectivity index (χ0v) is 17.5.